The Morgan fingerprint density at radius 3 is 2.90 bits per heavy atom. The van der Waals surface area contributed by atoms with E-state index in [9.17, 15) is 8.42 Å². The van der Waals surface area contributed by atoms with Gasteiger partial charge < -0.3 is 5.32 Å². The van der Waals surface area contributed by atoms with E-state index in [-0.39, 0.29) is 6.04 Å². The standard InChI is InChI=1S/C13H22N2O2S3/c1-2-7-14-8-5-12-3-4-13(19-12)20(16,17)15-11-6-9-18-10-11/h3-4,11,14-15H,2,5-10H2,1H3. The van der Waals surface area contributed by atoms with Gasteiger partial charge >= 0.3 is 0 Å². The molecule has 0 aromatic carbocycles. The Labute approximate surface area is 129 Å². The third-order valence-corrected chi connectivity index (χ3v) is 7.45. The molecule has 0 amide bonds. The van der Waals surface area contributed by atoms with Crippen LogP contribution in [0.25, 0.3) is 0 Å². The molecule has 0 radical (unpaired) electrons. The van der Waals surface area contributed by atoms with Crippen LogP contribution < -0.4 is 10.0 Å². The van der Waals surface area contributed by atoms with E-state index in [4.69, 9.17) is 0 Å². The van der Waals surface area contributed by atoms with Gasteiger partial charge in [0.1, 0.15) is 4.21 Å². The van der Waals surface area contributed by atoms with Crippen molar-refractivity contribution in [2.24, 2.45) is 0 Å². The predicted molar refractivity (Wildman–Crippen MR) is 87.2 cm³/mol. The van der Waals surface area contributed by atoms with E-state index in [0.29, 0.717) is 4.21 Å². The van der Waals surface area contributed by atoms with Crippen molar-refractivity contribution < 1.29 is 8.42 Å². The lowest BCUT2D eigenvalue weighted by atomic mass is 10.3. The molecular formula is C13H22N2O2S3. The van der Waals surface area contributed by atoms with E-state index in [0.717, 1.165) is 48.7 Å². The van der Waals surface area contributed by atoms with Gasteiger partial charge in [-0.2, -0.15) is 11.8 Å². The lowest BCUT2D eigenvalue weighted by molar-refractivity contribution is 0.565. The number of sulfonamides is 1. The lowest BCUT2D eigenvalue weighted by Crippen LogP contribution is -2.34. The molecule has 1 saturated heterocycles. The fraction of sp³-hybridized carbons (Fsp3) is 0.692. The second-order valence-corrected chi connectivity index (χ2v) is 9.16. The predicted octanol–water partition coefficient (Wildman–Crippen LogP) is 2.07. The molecule has 0 saturated carbocycles. The molecule has 2 N–H and O–H groups in total. The summed E-state index contributed by atoms with van der Waals surface area (Å²) in [6.45, 7) is 4.05. The first-order valence-corrected chi connectivity index (χ1v) is 10.5. The maximum Gasteiger partial charge on any atom is 0.250 e. The van der Waals surface area contributed by atoms with E-state index >= 15 is 0 Å². The Morgan fingerprint density at radius 1 is 1.35 bits per heavy atom. The van der Waals surface area contributed by atoms with Gasteiger partial charge in [0.25, 0.3) is 0 Å². The highest BCUT2D eigenvalue weighted by molar-refractivity contribution is 7.99. The van der Waals surface area contributed by atoms with Crippen molar-refractivity contribution in [1.29, 1.82) is 0 Å². The second-order valence-electron chi connectivity index (χ2n) is 4.90. The van der Waals surface area contributed by atoms with Gasteiger partial charge in [-0.25, -0.2) is 13.1 Å². The number of thioether (sulfide) groups is 1. The van der Waals surface area contributed by atoms with Crippen molar-refractivity contribution in [3.05, 3.63) is 17.0 Å². The third kappa shape index (κ3) is 4.73. The van der Waals surface area contributed by atoms with Gasteiger partial charge in [-0.1, -0.05) is 6.92 Å². The number of thiophene rings is 1. The topological polar surface area (TPSA) is 58.2 Å². The van der Waals surface area contributed by atoms with Crippen LogP contribution in [0.2, 0.25) is 0 Å². The van der Waals surface area contributed by atoms with Crippen molar-refractivity contribution in [3.63, 3.8) is 0 Å². The van der Waals surface area contributed by atoms with Crippen molar-refractivity contribution in [3.8, 4) is 0 Å². The number of nitrogens with one attached hydrogen (secondary N) is 2. The van der Waals surface area contributed by atoms with Gasteiger partial charge in [-0.3, -0.25) is 0 Å². The molecule has 0 bridgehead atoms. The fourth-order valence-corrected chi connectivity index (χ4v) is 5.96. The average Bonchev–Trinajstić information content (AvgIpc) is 3.05. The monoisotopic (exact) mass is 334 g/mol. The minimum Gasteiger partial charge on any atom is -0.316 e. The molecule has 0 spiro atoms. The van der Waals surface area contributed by atoms with Crippen LogP contribution in [0.3, 0.4) is 0 Å². The molecule has 7 heteroatoms. The van der Waals surface area contributed by atoms with Crippen LogP contribution in [-0.4, -0.2) is 39.1 Å². The van der Waals surface area contributed by atoms with Crippen LogP contribution in [0.15, 0.2) is 16.3 Å². The molecule has 0 aliphatic carbocycles. The maximum atomic E-state index is 12.3. The first-order chi connectivity index (χ1) is 9.62. The first-order valence-electron chi connectivity index (χ1n) is 7.01. The van der Waals surface area contributed by atoms with Crippen LogP contribution in [0.4, 0.5) is 0 Å². The summed E-state index contributed by atoms with van der Waals surface area (Å²) in [5, 5.41) is 3.33. The summed E-state index contributed by atoms with van der Waals surface area (Å²) >= 11 is 3.19. The normalized spacial score (nSPS) is 19.6. The average molecular weight is 335 g/mol. The molecule has 1 aromatic heterocycles. The third-order valence-electron chi connectivity index (χ3n) is 3.13. The van der Waals surface area contributed by atoms with Crippen molar-refractivity contribution in [1.82, 2.24) is 10.0 Å². The van der Waals surface area contributed by atoms with E-state index in [1.54, 1.807) is 6.07 Å². The zero-order chi connectivity index (χ0) is 14.4. The molecule has 114 valence electrons. The van der Waals surface area contributed by atoms with E-state index in [1.165, 1.54) is 11.3 Å². The van der Waals surface area contributed by atoms with E-state index in [1.807, 2.05) is 17.8 Å². The van der Waals surface area contributed by atoms with Gasteiger partial charge in [0.05, 0.1) is 0 Å². The van der Waals surface area contributed by atoms with Gasteiger partial charge in [0.2, 0.25) is 10.0 Å². The number of hydrogen-bond donors (Lipinski definition) is 2. The molecule has 1 unspecified atom stereocenters. The Bertz CT molecular complexity index is 507. The number of rotatable bonds is 8. The number of hydrogen-bond acceptors (Lipinski definition) is 5. The first kappa shape index (κ1) is 16.3. The maximum absolute atomic E-state index is 12.3. The summed E-state index contributed by atoms with van der Waals surface area (Å²) < 4.78 is 27.8. The quantitative estimate of drug-likeness (QED) is 0.715. The highest BCUT2D eigenvalue weighted by Gasteiger charge is 2.24. The smallest absolute Gasteiger partial charge is 0.250 e. The van der Waals surface area contributed by atoms with Crippen LogP contribution in [0.1, 0.15) is 24.6 Å². The lowest BCUT2D eigenvalue weighted by Gasteiger charge is -2.10. The SMILES string of the molecule is CCCNCCc1ccc(S(=O)(=O)NC2CCSC2)s1. The molecule has 2 heterocycles. The summed E-state index contributed by atoms with van der Waals surface area (Å²) in [5.74, 6) is 1.93. The molecular weight excluding hydrogens is 312 g/mol. The summed E-state index contributed by atoms with van der Waals surface area (Å²) in [6, 6.07) is 3.75. The summed E-state index contributed by atoms with van der Waals surface area (Å²) in [5.41, 5.74) is 0. The van der Waals surface area contributed by atoms with Crippen molar-refractivity contribution in [2.45, 2.75) is 36.4 Å². The Morgan fingerprint density at radius 2 is 2.20 bits per heavy atom. The van der Waals surface area contributed by atoms with Crippen molar-refractivity contribution >= 4 is 33.1 Å². The molecule has 20 heavy (non-hydrogen) atoms. The Hall–Kier alpha value is -0.0800. The van der Waals surface area contributed by atoms with Gasteiger partial charge in [0.15, 0.2) is 0 Å². The molecule has 1 atom stereocenters. The Balaban J connectivity index is 1.89. The fourth-order valence-electron chi connectivity index (χ4n) is 2.06. The highest BCUT2D eigenvalue weighted by Crippen LogP contribution is 2.24. The molecule has 4 nitrogen and oxygen atoms in total. The summed E-state index contributed by atoms with van der Waals surface area (Å²) in [6.07, 6.45) is 2.94. The molecule has 1 aliphatic heterocycles. The second kappa shape index (κ2) is 7.79. The van der Waals surface area contributed by atoms with Crippen LogP contribution in [-0.2, 0) is 16.4 Å². The van der Waals surface area contributed by atoms with Crippen molar-refractivity contribution in [2.75, 3.05) is 24.6 Å². The molecule has 1 aliphatic rings. The highest BCUT2D eigenvalue weighted by atomic mass is 32.2. The summed E-state index contributed by atoms with van der Waals surface area (Å²) in [4.78, 5) is 1.12. The minimum absolute atomic E-state index is 0.0989. The van der Waals surface area contributed by atoms with E-state index < -0.39 is 10.0 Å². The Kier molecular flexibility index (Phi) is 6.35. The van der Waals surface area contributed by atoms with Gasteiger partial charge in [-0.05, 0) is 50.2 Å². The van der Waals surface area contributed by atoms with Crippen LogP contribution in [0, 0.1) is 0 Å². The van der Waals surface area contributed by atoms with E-state index in [2.05, 4.69) is 17.0 Å². The minimum atomic E-state index is -3.32. The zero-order valence-corrected chi connectivity index (χ0v) is 14.2. The van der Waals surface area contributed by atoms with Gasteiger partial charge in [0, 0.05) is 16.7 Å². The molecule has 1 aromatic rings. The molecule has 1 fully saturated rings. The van der Waals surface area contributed by atoms with Crippen LogP contribution >= 0.6 is 23.1 Å². The summed E-state index contributed by atoms with van der Waals surface area (Å²) in [7, 11) is -3.32. The largest absolute Gasteiger partial charge is 0.316 e. The molecule has 2 rings (SSSR count). The zero-order valence-electron chi connectivity index (χ0n) is 11.7. The van der Waals surface area contributed by atoms with Crippen LogP contribution in [0.5, 0.6) is 0 Å². The van der Waals surface area contributed by atoms with Gasteiger partial charge in [-0.15, -0.1) is 11.3 Å².